The second-order valence-corrected chi connectivity index (χ2v) is 5.25. The number of rotatable bonds is 2. The van der Waals surface area contributed by atoms with Crippen LogP contribution in [0.15, 0.2) is 30.3 Å². The first-order valence-electron chi connectivity index (χ1n) is 5.05. The molecule has 0 aromatic heterocycles. The maximum absolute atomic E-state index is 12.8. The molecule has 2 rings (SSSR count). The minimum absolute atomic E-state index is 0.0199. The zero-order chi connectivity index (χ0) is 14.2. The molecule has 0 saturated carbocycles. The molecule has 0 aliphatic rings. The van der Waals surface area contributed by atoms with E-state index in [1.54, 1.807) is 0 Å². The van der Waals surface area contributed by atoms with Gasteiger partial charge in [-0.1, -0.05) is 46.4 Å². The van der Waals surface area contributed by atoms with Crippen LogP contribution in [0.2, 0.25) is 20.1 Å². The molecule has 19 heavy (non-hydrogen) atoms. The highest BCUT2D eigenvalue weighted by Crippen LogP contribution is 2.38. The van der Waals surface area contributed by atoms with Crippen LogP contribution in [-0.4, -0.2) is 5.78 Å². The van der Waals surface area contributed by atoms with Crippen molar-refractivity contribution in [2.45, 2.75) is 0 Å². The lowest BCUT2D eigenvalue weighted by Gasteiger charge is -2.09. The van der Waals surface area contributed by atoms with Crippen LogP contribution in [0.3, 0.4) is 0 Å². The second-order valence-electron chi connectivity index (χ2n) is 3.68. The number of carbonyl (C=O) groups is 1. The summed E-state index contributed by atoms with van der Waals surface area (Å²) >= 11 is 23.6. The van der Waals surface area contributed by atoms with Gasteiger partial charge in [0, 0.05) is 5.56 Å². The van der Waals surface area contributed by atoms with Crippen LogP contribution in [0.25, 0.3) is 0 Å². The minimum Gasteiger partial charge on any atom is -0.288 e. The third kappa shape index (κ3) is 2.87. The Balaban J connectivity index is 2.56. The summed E-state index contributed by atoms with van der Waals surface area (Å²) in [5.41, 5.74) is 0.299. The molecule has 0 radical (unpaired) electrons. The van der Waals surface area contributed by atoms with Crippen molar-refractivity contribution in [2.75, 3.05) is 0 Å². The largest absolute Gasteiger partial charge is 0.288 e. The first-order chi connectivity index (χ1) is 8.91. The van der Waals surface area contributed by atoms with E-state index in [1.165, 1.54) is 30.3 Å². The third-order valence-corrected chi connectivity index (χ3v) is 4.01. The van der Waals surface area contributed by atoms with E-state index in [4.69, 9.17) is 46.4 Å². The molecule has 1 nitrogen and oxygen atoms in total. The highest BCUT2D eigenvalue weighted by atomic mass is 35.5. The normalized spacial score (nSPS) is 10.6. The zero-order valence-corrected chi connectivity index (χ0v) is 12.2. The van der Waals surface area contributed by atoms with E-state index in [1.807, 2.05) is 0 Å². The van der Waals surface area contributed by atoms with Gasteiger partial charge in [-0.15, -0.1) is 0 Å². The molecule has 0 unspecified atom stereocenters. The van der Waals surface area contributed by atoms with Gasteiger partial charge in [-0.25, -0.2) is 4.39 Å². The van der Waals surface area contributed by atoms with E-state index in [2.05, 4.69) is 0 Å². The number of halogens is 5. The molecule has 98 valence electrons. The zero-order valence-electron chi connectivity index (χ0n) is 9.18. The van der Waals surface area contributed by atoms with E-state index in [-0.39, 0.29) is 31.2 Å². The fourth-order valence-electron chi connectivity index (χ4n) is 1.52. The Morgan fingerprint density at radius 2 is 1.47 bits per heavy atom. The Morgan fingerprint density at radius 1 is 0.895 bits per heavy atom. The Bertz CT molecular complexity index is 653. The standard InChI is InChI=1S/C13H5Cl4FO/c14-8-5-9(15)11(16)12(17)10(8)13(19)6-1-3-7(18)4-2-6/h1-5H. The van der Waals surface area contributed by atoms with Crippen molar-refractivity contribution in [3.05, 3.63) is 67.4 Å². The van der Waals surface area contributed by atoms with Gasteiger partial charge >= 0.3 is 0 Å². The maximum Gasteiger partial charge on any atom is 0.196 e. The van der Waals surface area contributed by atoms with E-state index in [9.17, 15) is 9.18 Å². The topological polar surface area (TPSA) is 17.1 Å². The number of carbonyl (C=O) groups excluding carboxylic acids is 1. The predicted molar refractivity (Wildman–Crippen MR) is 76.3 cm³/mol. The third-order valence-electron chi connectivity index (χ3n) is 2.45. The van der Waals surface area contributed by atoms with E-state index < -0.39 is 11.6 Å². The van der Waals surface area contributed by atoms with Gasteiger partial charge in [0.05, 0.1) is 25.7 Å². The molecule has 6 heteroatoms. The van der Waals surface area contributed by atoms with E-state index >= 15 is 0 Å². The summed E-state index contributed by atoms with van der Waals surface area (Å²) in [6.45, 7) is 0. The molecule has 0 fully saturated rings. The maximum atomic E-state index is 12.8. The number of hydrogen-bond donors (Lipinski definition) is 0. The summed E-state index contributed by atoms with van der Waals surface area (Å²) in [5.74, 6) is -0.892. The Hall–Kier alpha value is -0.800. The Kier molecular flexibility index (Phi) is 4.36. The molecule has 0 amide bonds. The van der Waals surface area contributed by atoms with Crippen LogP contribution < -0.4 is 0 Å². The van der Waals surface area contributed by atoms with Crippen molar-refractivity contribution in [3.63, 3.8) is 0 Å². The van der Waals surface area contributed by atoms with E-state index in [0.717, 1.165) is 0 Å². The molecule has 0 bridgehead atoms. The molecule has 0 heterocycles. The molecular formula is C13H5Cl4FO. The first-order valence-corrected chi connectivity index (χ1v) is 6.56. The Morgan fingerprint density at radius 3 is 2.05 bits per heavy atom. The number of ketones is 1. The van der Waals surface area contributed by atoms with Crippen LogP contribution in [0, 0.1) is 5.82 Å². The number of hydrogen-bond acceptors (Lipinski definition) is 1. The van der Waals surface area contributed by atoms with Crippen molar-refractivity contribution in [2.24, 2.45) is 0 Å². The SMILES string of the molecule is O=C(c1ccc(F)cc1)c1c(Cl)cc(Cl)c(Cl)c1Cl. The molecule has 0 atom stereocenters. The summed E-state index contributed by atoms with van der Waals surface area (Å²) in [6, 6.07) is 6.37. The number of benzene rings is 2. The van der Waals surface area contributed by atoms with Crippen LogP contribution in [0.5, 0.6) is 0 Å². The molecule has 0 aliphatic carbocycles. The van der Waals surface area contributed by atoms with Gasteiger partial charge in [0.25, 0.3) is 0 Å². The average Bonchev–Trinajstić information content (AvgIpc) is 2.37. The molecule has 0 N–H and O–H groups in total. The van der Waals surface area contributed by atoms with Gasteiger partial charge in [-0.05, 0) is 30.3 Å². The summed E-state index contributed by atoms with van der Waals surface area (Å²) in [5, 5.41) is 0.285. The summed E-state index contributed by atoms with van der Waals surface area (Å²) in [7, 11) is 0. The molecule has 0 aliphatic heterocycles. The summed E-state index contributed by atoms with van der Waals surface area (Å²) < 4.78 is 12.8. The van der Waals surface area contributed by atoms with Crippen molar-refractivity contribution in [3.8, 4) is 0 Å². The van der Waals surface area contributed by atoms with E-state index in [0.29, 0.717) is 0 Å². The van der Waals surface area contributed by atoms with Gasteiger partial charge in [-0.2, -0.15) is 0 Å². The van der Waals surface area contributed by atoms with Gasteiger partial charge in [-0.3, -0.25) is 4.79 Å². The van der Waals surface area contributed by atoms with Crippen molar-refractivity contribution in [1.82, 2.24) is 0 Å². The molecule has 0 spiro atoms. The highest BCUT2D eigenvalue weighted by Gasteiger charge is 2.21. The molecule has 2 aromatic carbocycles. The lowest BCUT2D eigenvalue weighted by molar-refractivity contribution is 0.103. The summed E-state index contributed by atoms with van der Waals surface area (Å²) in [6.07, 6.45) is 0. The second kappa shape index (κ2) is 5.68. The van der Waals surface area contributed by atoms with Crippen molar-refractivity contribution in [1.29, 1.82) is 0 Å². The van der Waals surface area contributed by atoms with Crippen LogP contribution in [0.1, 0.15) is 15.9 Å². The quantitative estimate of drug-likeness (QED) is 0.392. The lowest BCUT2D eigenvalue weighted by Crippen LogP contribution is -2.04. The molecule has 2 aromatic rings. The Labute approximate surface area is 128 Å². The lowest BCUT2D eigenvalue weighted by atomic mass is 10.0. The first kappa shape index (κ1) is 14.6. The average molecular weight is 338 g/mol. The van der Waals surface area contributed by atoms with Crippen molar-refractivity contribution < 1.29 is 9.18 Å². The van der Waals surface area contributed by atoms with Gasteiger partial charge in [0.1, 0.15) is 5.82 Å². The molecule has 0 saturated heterocycles. The van der Waals surface area contributed by atoms with Gasteiger partial charge < -0.3 is 0 Å². The van der Waals surface area contributed by atoms with Crippen molar-refractivity contribution >= 4 is 52.2 Å². The van der Waals surface area contributed by atoms with Crippen LogP contribution >= 0.6 is 46.4 Å². The minimum atomic E-state index is -0.450. The van der Waals surface area contributed by atoms with Crippen LogP contribution in [0.4, 0.5) is 4.39 Å². The fourth-order valence-corrected chi connectivity index (χ4v) is 2.60. The predicted octanol–water partition coefficient (Wildman–Crippen LogP) is 5.67. The smallest absolute Gasteiger partial charge is 0.196 e. The molecular weight excluding hydrogens is 333 g/mol. The summed E-state index contributed by atoms with van der Waals surface area (Å²) in [4.78, 5) is 12.3. The van der Waals surface area contributed by atoms with Gasteiger partial charge in [0.2, 0.25) is 0 Å². The van der Waals surface area contributed by atoms with Gasteiger partial charge in [0.15, 0.2) is 5.78 Å². The highest BCUT2D eigenvalue weighted by molar-refractivity contribution is 6.51. The van der Waals surface area contributed by atoms with Crippen LogP contribution in [-0.2, 0) is 0 Å². The monoisotopic (exact) mass is 336 g/mol. The fraction of sp³-hybridized carbons (Fsp3) is 0.